The molecule has 1 aromatic carbocycles. The number of carboxylic acid groups (broad SMARTS) is 1. The average Bonchev–Trinajstić information content (AvgIpc) is 2.66. The molecule has 0 aliphatic rings. The SMILES string of the molecule is COc1ccc2cc(C(C)(C)C)n(C(=O)O)c2c1. The van der Waals surface area contributed by atoms with Gasteiger partial charge < -0.3 is 9.84 Å². The minimum Gasteiger partial charge on any atom is -0.497 e. The predicted molar refractivity (Wildman–Crippen MR) is 70.6 cm³/mol. The summed E-state index contributed by atoms with van der Waals surface area (Å²) in [5.41, 5.74) is 1.20. The first kappa shape index (κ1) is 12.5. The van der Waals surface area contributed by atoms with Crippen LogP contribution in [0.1, 0.15) is 26.5 Å². The number of rotatable bonds is 1. The lowest BCUT2D eigenvalue weighted by Gasteiger charge is -2.19. The zero-order valence-electron chi connectivity index (χ0n) is 11.0. The number of aromatic nitrogens is 1. The predicted octanol–water partition coefficient (Wildman–Crippen LogP) is 3.47. The van der Waals surface area contributed by atoms with E-state index in [1.54, 1.807) is 13.2 Å². The highest BCUT2D eigenvalue weighted by atomic mass is 16.5. The minimum atomic E-state index is -0.969. The molecule has 4 nitrogen and oxygen atoms in total. The maximum absolute atomic E-state index is 11.5. The van der Waals surface area contributed by atoms with E-state index in [1.165, 1.54) is 4.57 Å². The fourth-order valence-electron chi connectivity index (χ4n) is 2.07. The molecule has 1 heterocycles. The van der Waals surface area contributed by atoms with E-state index in [4.69, 9.17) is 4.74 Å². The van der Waals surface area contributed by atoms with Gasteiger partial charge >= 0.3 is 6.09 Å². The first-order valence-electron chi connectivity index (χ1n) is 5.78. The molecular formula is C14H17NO3. The first-order valence-corrected chi connectivity index (χ1v) is 5.78. The summed E-state index contributed by atoms with van der Waals surface area (Å²) in [7, 11) is 1.57. The highest BCUT2D eigenvalue weighted by molar-refractivity contribution is 5.91. The lowest BCUT2D eigenvalue weighted by Crippen LogP contribution is -2.21. The van der Waals surface area contributed by atoms with Crippen molar-refractivity contribution in [3.8, 4) is 5.75 Å². The molecule has 2 rings (SSSR count). The summed E-state index contributed by atoms with van der Waals surface area (Å²) < 4.78 is 6.48. The van der Waals surface area contributed by atoms with Crippen LogP contribution in [-0.2, 0) is 5.41 Å². The zero-order chi connectivity index (χ0) is 13.5. The second-order valence-electron chi connectivity index (χ2n) is 5.32. The maximum Gasteiger partial charge on any atom is 0.416 e. The number of hydrogen-bond acceptors (Lipinski definition) is 2. The van der Waals surface area contributed by atoms with E-state index >= 15 is 0 Å². The molecule has 0 unspecified atom stereocenters. The standard InChI is InChI=1S/C14H17NO3/c1-14(2,3)12-7-9-5-6-10(18-4)8-11(9)15(12)13(16)17/h5-8H,1-4H3,(H,16,17). The van der Waals surface area contributed by atoms with Crippen molar-refractivity contribution in [1.82, 2.24) is 4.57 Å². The van der Waals surface area contributed by atoms with Gasteiger partial charge in [-0.15, -0.1) is 0 Å². The average molecular weight is 247 g/mol. The second kappa shape index (κ2) is 4.05. The van der Waals surface area contributed by atoms with Crippen LogP contribution in [0.3, 0.4) is 0 Å². The first-order chi connectivity index (χ1) is 8.34. The molecule has 0 amide bonds. The minimum absolute atomic E-state index is 0.232. The van der Waals surface area contributed by atoms with Crippen LogP contribution in [0.25, 0.3) is 10.9 Å². The molecule has 0 saturated carbocycles. The Bertz CT molecular complexity index is 605. The molecule has 0 fully saturated rings. The van der Waals surface area contributed by atoms with Gasteiger partial charge in [-0.3, -0.25) is 0 Å². The molecular weight excluding hydrogens is 230 g/mol. The fourth-order valence-corrected chi connectivity index (χ4v) is 2.07. The summed E-state index contributed by atoms with van der Waals surface area (Å²) in [5, 5.41) is 10.3. The van der Waals surface area contributed by atoms with Crippen LogP contribution in [0.15, 0.2) is 24.3 Å². The Balaban J connectivity index is 2.81. The van der Waals surface area contributed by atoms with Crippen LogP contribution in [-0.4, -0.2) is 22.9 Å². The van der Waals surface area contributed by atoms with Crippen LogP contribution in [0.5, 0.6) is 5.75 Å². The molecule has 96 valence electrons. The summed E-state index contributed by atoms with van der Waals surface area (Å²) in [6, 6.07) is 7.38. The number of hydrogen-bond donors (Lipinski definition) is 1. The summed E-state index contributed by atoms with van der Waals surface area (Å²) >= 11 is 0. The highest BCUT2D eigenvalue weighted by Gasteiger charge is 2.24. The molecule has 18 heavy (non-hydrogen) atoms. The topological polar surface area (TPSA) is 51.5 Å². The van der Waals surface area contributed by atoms with Crippen LogP contribution >= 0.6 is 0 Å². The molecule has 0 aliphatic heterocycles. The van der Waals surface area contributed by atoms with Crippen LogP contribution < -0.4 is 4.74 Å². The van der Waals surface area contributed by atoms with Crippen LogP contribution in [0, 0.1) is 0 Å². The molecule has 4 heteroatoms. The fraction of sp³-hybridized carbons (Fsp3) is 0.357. The summed E-state index contributed by atoms with van der Waals surface area (Å²) in [6.45, 7) is 5.99. The number of ether oxygens (including phenoxy) is 1. The molecule has 2 aromatic rings. The summed E-state index contributed by atoms with van der Waals surface area (Å²) in [6.07, 6.45) is -0.969. The van der Waals surface area contributed by atoms with E-state index in [-0.39, 0.29) is 5.41 Å². The van der Waals surface area contributed by atoms with E-state index < -0.39 is 6.09 Å². The maximum atomic E-state index is 11.5. The van der Waals surface area contributed by atoms with Crippen molar-refractivity contribution in [3.05, 3.63) is 30.0 Å². The van der Waals surface area contributed by atoms with Gasteiger partial charge in [0.15, 0.2) is 0 Å². The Morgan fingerprint density at radius 2 is 1.94 bits per heavy atom. The zero-order valence-corrected chi connectivity index (χ0v) is 11.0. The third kappa shape index (κ3) is 1.94. The molecule has 0 atom stereocenters. The largest absolute Gasteiger partial charge is 0.497 e. The number of fused-ring (bicyclic) bond motifs is 1. The quantitative estimate of drug-likeness (QED) is 0.839. The van der Waals surface area contributed by atoms with E-state index in [0.29, 0.717) is 11.3 Å². The molecule has 0 bridgehead atoms. The van der Waals surface area contributed by atoms with Gasteiger partial charge in [-0.25, -0.2) is 9.36 Å². The van der Waals surface area contributed by atoms with Crippen LogP contribution in [0.4, 0.5) is 4.79 Å². The van der Waals surface area contributed by atoms with Crippen molar-refractivity contribution in [1.29, 1.82) is 0 Å². The molecule has 0 aliphatic carbocycles. The molecule has 0 spiro atoms. The van der Waals surface area contributed by atoms with Crippen LogP contribution in [0.2, 0.25) is 0 Å². The van der Waals surface area contributed by atoms with Gasteiger partial charge in [0.05, 0.1) is 12.6 Å². The highest BCUT2D eigenvalue weighted by Crippen LogP contribution is 2.31. The van der Waals surface area contributed by atoms with Gasteiger partial charge in [-0.1, -0.05) is 20.8 Å². The Morgan fingerprint density at radius 1 is 1.28 bits per heavy atom. The Kier molecular flexibility index (Phi) is 2.81. The summed E-state index contributed by atoms with van der Waals surface area (Å²) in [4.78, 5) is 11.5. The molecule has 0 saturated heterocycles. The van der Waals surface area contributed by atoms with E-state index in [1.807, 2.05) is 39.0 Å². The third-order valence-electron chi connectivity index (χ3n) is 2.97. The Labute approximate surface area is 106 Å². The number of nitrogens with zero attached hydrogens (tertiary/aromatic N) is 1. The van der Waals surface area contributed by atoms with Gasteiger partial charge in [0.2, 0.25) is 0 Å². The number of carbonyl (C=O) groups is 1. The normalized spacial score (nSPS) is 11.8. The Hall–Kier alpha value is -1.97. The van der Waals surface area contributed by atoms with Gasteiger partial charge in [0.25, 0.3) is 0 Å². The number of benzene rings is 1. The van der Waals surface area contributed by atoms with E-state index in [9.17, 15) is 9.90 Å². The summed E-state index contributed by atoms with van der Waals surface area (Å²) in [5.74, 6) is 0.656. The Morgan fingerprint density at radius 3 is 2.44 bits per heavy atom. The number of methoxy groups -OCH3 is 1. The van der Waals surface area contributed by atoms with Crippen molar-refractivity contribution in [2.75, 3.05) is 7.11 Å². The third-order valence-corrected chi connectivity index (χ3v) is 2.97. The smallest absolute Gasteiger partial charge is 0.416 e. The van der Waals surface area contributed by atoms with Crippen molar-refractivity contribution < 1.29 is 14.6 Å². The van der Waals surface area contributed by atoms with Crippen molar-refractivity contribution >= 4 is 17.0 Å². The van der Waals surface area contributed by atoms with Crippen molar-refractivity contribution in [2.24, 2.45) is 0 Å². The molecule has 1 N–H and O–H groups in total. The van der Waals surface area contributed by atoms with E-state index in [0.717, 1.165) is 11.1 Å². The van der Waals surface area contributed by atoms with Crippen molar-refractivity contribution in [3.63, 3.8) is 0 Å². The van der Waals surface area contributed by atoms with Gasteiger partial charge in [-0.05, 0) is 18.2 Å². The van der Waals surface area contributed by atoms with Gasteiger partial charge in [0, 0.05) is 22.6 Å². The lowest BCUT2D eigenvalue weighted by molar-refractivity contribution is 0.195. The monoisotopic (exact) mass is 247 g/mol. The molecule has 0 radical (unpaired) electrons. The van der Waals surface area contributed by atoms with Gasteiger partial charge in [0.1, 0.15) is 5.75 Å². The van der Waals surface area contributed by atoms with E-state index in [2.05, 4.69) is 0 Å². The van der Waals surface area contributed by atoms with Gasteiger partial charge in [-0.2, -0.15) is 0 Å². The lowest BCUT2D eigenvalue weighted by atomic mass is 9.92. The second-order valence-corrected chi connectivity index (χ2v) is 5.32. The van der Waals surface area contributed by atoms with Crippen molar-refractivity contribution in [2.45, 2.75) is 26.2 Å². The molecule has 1 aromatic heterocycles.